The Labute approximate surface area is 178 Å². The van der Waals surface area contributed by atoms with Crippen LogP contribution in [0.4, 0.5) is 0 Å². The Hall–Kier alpha value is -2.70. The van der Waals surface area contributed by atoms with Crippen molar-refractivity contribution in [2.75, 3.05) is 19.6 Å². The van der Waals surface area contributed by atoms with Crippen molar-refractivity contribution in [1.82, 2.24) is 25.0 Å². The lowest BCUT2D eigenvalue weighted by molar-refractivity contribution is -0.133. The van der Waals surface area contributed by atoms with Crippen LogP contribution in [0, 0.1) is 6.92 Å². The maximum absolute atomic E-state index is 12.1. The van der Waals surface area contributed by atoms with E-state index in [1.165, 1.54) is 5.56 Å². The molecule has 7 heteroatoms. The highest BCUT2D eigenvalue weighted by molar-refractivity contribution is 5.77. The number of aryl methyl sites for hydroxylation is 2. The predicted octanol–water partition coefficient (Wildman–Crippen LogP) is 2.87. The molecule has 0 atom stereocenters. The lowest BCUT2D eigenvalue weighted by Crippen LogP contribution is -2.37. The summed E-state index contributed by atoms with van der Waals surface area (Å²) in [5.41, 5.74) is 1.23. The normalized spacial score (nSPS) is 14.2. The third kappa shape index (κ3) is 6.68. The molecule has 3 rings (SSSR count). The molecule has 0 aliphatic carbocycles. The fraction of sp³-hybridized carbons (Fsp3) is 0.565. The number of unbranched alkanes of at least 4 members (excludes halogenated alkanes) is 1. The molecule has 1 aromatic heterocycles. The van der Waals surface area contributed by atoms with Crippen LogP contribution in [0.5, 0.6) is 0 Å². The standard InChI is InChI=1S/C23H33N5O2/c1-19-25-26-21(28(19)18-20-10-3-2-4-11-20)12-5-6-13-22(29)24-15-9-17-27-16-8-7-14-23(27)30/h2-4,10-11H,5-9,12-18H2,1H3,(H,24,29). The van der Waals surface area contributed by atoms with Gasteiger partial charge in [0, 0.05) is 38.9 Å². The molecule has 7 nitrogen and oxygen atoms in total. The summed E-state index contributed by atoms with van der Waals surface area (Å²) in [5, 5.41) is 11.5. The Balaban J connectivity index is 1.31. The third-order valence-electron chi connectivity index (χ3n) is 5.60. The minimum absolute atomic E-state index is 0.0851. The van der Waals surface area contributed by atoms with Gasteiger partial charge in [-0.2, -0.15) is 0 Å². The number of nitrogens with one attached hydrogen (secondary N) is 1. The Kier molecular flexibility index (Phi) is 8.41. The van der Waals surface area contributed by atoms with E-state index in [4.69, 9.17) is 0 Å². The molecule has 1 aromatic carbocycles. The van der Waals surface area contributed by atoms with E-state index in [1.807, 2.05) is 30.0 Å². The number of piperidine rings is 1. The Morgan fingerprint density at radius 3 is 2.73 bits per heavy atom. The molecule has 2 amide bonds. The molecule has 0 radical (unpaired) electrons. The van der Waals surface area contributed by atoms with Gasteiger partial charge in [0.05, 0.1) is 6.54 Å². The van der Waals surface area contributed by atoms with Gasteiger partial charge in [0.15, 0.2) is 0 Å². The highest BCUT2D eigenvalue weighted by atomic mass is 16.2. The molecule has 2 aromatic rings. The molecule has 2 heterocycles. The Bertz CT molecular complexity index is 818. The SMILES string of the molecule is Cc1nnc(CCCCC(=O)NCCCN2CCCCC2=O)n1Cc1ccccc1. The molecule has 162 valence electrons. The first-order valence-corrected chi connectivity index (χ1v) is 11.1. The van der Waals surface area contributed by atoms with Crippen LogP contribution in [0.25, 0.3) is 0 Å². The second kappa shape index (κ2) is 11.5. The average molecular weight is 412 g/mol. The predicted molar refractivity (Wildman–Crippen MR) is 116 cm³/mol. The maximum atomic E-state index is 12.1. The number of nitrogens with zero attached hydrogens (tertiary/aromatic N) is 4. The average Bonchev–Trinajstić information content (AvgIpc) is 3.10. The van der Waals surface area contributed by atoms with E-state index in [1.54, 1.807) is 0 Å². The quantitative estimate of drug-likeness (QED) is 0.577. The van der Waals surface area contributed by atoms with Crippen molar-refractivity contribution < 1.29 is 9.59 Å². The van der Waals surface area contributed by atoms with Crippen LogP contribution < -0.4 is 5.32 Å². The van der Waals surface area contributed by atoms with Crippen molar-refractivity contribution in [1.29, 1.82) is 0 Å². The number of benzene rings is 1. The summed E-state index contributed by atoms with van der Waals surface area (Å²) in [6, 6.07) is 10.3. The van der Waals surface area contributed by atoms with Gasteiger partial charge in [-0.1, -0.05) is 30.3 Å². The first kappa shape index (κ1) is 22.0. The Morgan fingerprint density at radius 2 is 1.93 bits per heavy atom. The molecule has 0 bridgehead atoms. The number of amides is 2. The second-order valence-corrected chi connectivity index (χ2v) is 7.98. The van der Waals surface area contributed by atoms with Gasteiger partial charge in [-0.25, -0.2) is 0 Å². The molecular formula is C23H33N5O2. The molecule has 0 spiro atoms. The summed E-state index contributed by atoms with van der Waals surface area (Å²) in [4.78, 5) is 25.7. The van der Waals surface area contributed by atoms with Crippen LogP contribution in [0.1, 0.15) is 62.2 Å². The van der Waals surface area contributed by atoms with E-state index in [0.717, 1.165) is 69.8 Å². The monoisotopic (exact) mass is 411 g/mol. The molecular weight excluding hydrogens is 378 g/mol. The highest BCUT2D eigenvalue weighted by Crippen LogP contribution is 2.12. The molecule has 0 unspecified atom stereocenters. The topological polar surface area (TPSA) is 80.1 Å². The van der Waals surface area contributed by atoms with Crippen LogP contribution in [0.3, 0.4) is 0 Å². The van der Waals surface area contributed by atoms with Crippen molar-refractivity contribution in [3.05, 3.63) is 47.5 Å². The fourth-order valence-electron chi connectivity index (χ4n) is 3.83. The molecule has 1 saturated heterocycles. The zero-order valence-electron chi connectivity index (χ0n) is 18.0. The van der Waals surface area contributed by atoms with Gasteiger partial charge in [-0.15, -0.1) is 10.2 Å². The lowest BCUT2D eigenvalue weighted by Gasteiger charge is -2.26. The van der Waals surface area contributed by atoms with Crippen molar-refractivity contribution >= 4 is 11.8 Å². The van der Waals surface area contributed by atoms with Gasteiger partial charge in [-0.05, 0) is 44.6 Å². The summed E-state index contributed by atoms with van der Waals surface area (Å²) in [6.07, 6.45) is 6.66. The lowest BCUT2D eigenvalue weighted by atomic mass is 10.1. The van der Waals surface area contributed by atoms with Gasteiger partial charge in [0.2, 0.25) is 11.8 Å². The second-order valence-electron chi connectivity index (χ2n) is 7.98. The number of carbonyl (C=O) groups is 2. The van der Waals surface area contributed by atoms with Gasteiger partial charge in [-0.3, -0.25) is 9.59 Å². The number of likely N-dealkylation sites (tertiary alicyclic amines) is 1. The molecule has 1 N–H and O–H groups in total. The van der Waals surface area contributed by atoms with Crippen LogP contribution in [-0.2, 0) is 22.6 Å². The van der Waals surface area contributed by atoms with Crippen molar-refractivity contribution in [2.45, 2.75) is 64.8 Å². The van der Waals surface area contributed by atoms with E-state index in [9.17, 15) is 9.59 Å². The van der Waals surface area contributed by atoms with Crippen molar-refractivity contribution in [3.63, 3.8) is 0 Å². The van der Waals surface area contributed by atoms with Crippen LogP contribution in [-0.4, -0.2) is 51.1 Å². The van der Waals surface area contributed by atoms with Crippen LogP contribution in [0.15, 0.2) is 30.3 Å². The van der Waals surface area contributed by atoms with E-state index in [0.29, 0.717) is 19.4 Å². The fourth-order valence-corrected chi connectivity index (χ4v) is 3.83. The summed E-state index contributed by atoms with van der Waals surface area (Å²) in [5.74, 6) is 2.23. The molecule has 1 aliphatic rings. The van der Waals surface area contributed by atoms with E-state index >= 15 is 0 Å². The smallest absolute Gasteiger partial charge is 0.222 e. The minimum atomic E-state index is 0.0851. The molecule has 1 aliphatic heterocycles. The van der Waals surface area contributed by atoms with Crippen molar-refractivity contribution in [2.24, 2.45) is 0 Å². The van der Waals surface area contributed by atoms with E-state index in [-0.39, 0.29) is 11.8 Å². The number of hydrogen-bond donors (Lipinski definition) is 1. The van der Waals surface area contributed by atoms with Gasteiger partial charge in [0.25, 0.3) is 0 Å². The number of carbonyl (C=O) groups excluding carboxylic acids is 2. The largest absolute Gasteiger partial charge is 0.356 e. The van der Waals surface area contributed by atoms with E-state index in [2.05, 4.69) is 32.2 Å². The number of hydrogen-bond acceptors (Lipinski definition) is 4. The molecule has 0 saturated carbocycles. The first-order chi connectivity index (χ1) is 14.6. The zero-order chi connectivity index (χ0) is 21.2. The summed E-state index contributed by atoms with van der Waals surface area (Å²) in [6.45, 7) is 4.99. The number of rotatable bonds is 11. The van der Waals surface area contributed by atoms with Crippen LogP contribution >= 0.6 is 0 Å². The van der Waals surface area contributed by atoms with Gasteiger partial charge >= 0.3 is 0 Å². The number of aromatic nitrogens is 3. The zero-order valence-corrected chi connectivity index (χ0v) is 18.0. The van der Waals surface area contributed by atoms with E-state index < -0.39 is 0 Å². The third-order valence-corrected chi connectivity index (χ3v) is 5.60. The minimum Gasteiger partial charge on any atom is -0.356 e. The van der Waals surface area contributed by atoms with Crippen molar-refractivity contribution in [3.8, 4) is 0 Å². The summed E-state index contributed by atoms with van der Waals surface area (Å²) >= 11 is 0. The first-order valence-electron chi connectivity index (χ1n) is 11.1. The highest BCUT2D eigenvalue weighted by Gasteiger charge is 2.17. The van der Waals surface area contributed by atoms with Gasteiger partial charge < -0.3 is 14.8 Å². The van der Waals surface area contributed by atoms with Crippen LogP contribution in [0.2, 0.25) is 0 Å². The summed E-state index contributed by atoms with van der Waals surface area (Å²) < 4.78 is 2.15. The van der Waals surface area contributed by atoms with Gasteiger partial charge in [0.1, 0.15) is 11.6 Å². The summed E-state index contributed by atoms with van der Waals surface area (Å²) in [7, 11) is 0. The maximum Gasteiger partial charge on any atom is 0.222 e. The molecule has 30 heavy (non-hydrogen) atoms. The Morgan fingerprint density at radius 1 is 1.10 bits per heavy atom. The molecule has 1 fully saturated rings.